The van der Waals surface area contributed by atoms with Crippen LogP contribution in [0, 0.1) is 16.8 Å². The van der Waals surface area contributed by atoms with E-state index in [-0.39, 0.29) is 34.5 Å². The van der Waals surface area contributed by atoms with Gasteiger partial charge in [0.15, 0.2) is 11.6 Å². The Hall–Kier alpha value is -2.81. The van der Waals surface area contributed by atoms with Gasteiger partial charge in [-0.15, -0.1) is 22.0 Å². The second-order valence-electron chi connectivity index (χ2n) is 11.9. The van der Waals surface area contributed by atoms with Crippen molar-refractivity contribution in [2.75, 3.05) is 11.2 Å². The number of anilines is 1. The van der Waals surface area contributed by atoms with Gasteiger partial charge in [0.05, 0.1) is 22.8 Å². The Bertz CT molecular complexity index is 1350. The molecule has 3 aromatic rings. The minimum atomic E-state index is -0.917. The van der Waals surface area contributed by atoms with Gasteiger partial charge in [0.25, 0.3) is 0 Å². The molecule has 200 valence electrons. The molecule has 0 unspecified atom stereocenters. The molecule has 0 spiro atoms. The van der Waals surface area contributed by atoms with Crippen molar-refractivity contribution in [2.45, 2.75) is 82.1 Å². The number of aromatic nitrogens is 4. The highest BCUT2D eigenvalue weighted by atomic mass is 32.2. The van der Waals surface area contributed by atoms with Crippen LogP contribution >= 0.6 is 11.8 Å². The highest BCUT2D eigenvalue weighted by Gasteiger charge is 2.56. The molecule has 2 bridgehead atoms. The number of rotatable bonds is 6. The first-order chi connectivity index (χ1) is 18.2. The van der Waals surface area contributed by atoms with Gasteiger partial charge in [0.1, 0.15) is 11.9 Å². The van der Waals surface area contributed by atoms with E-state index in [0.717, 1.165) is 44.9 Å². The highest BCUT2D eigenvalue weighted by molar-refractivity contribution is 7.98. The van der Waals surface area contributed by atoms with Gasteiger partial charge in [-0.3, -0.25) is 0 Å². The van der Waals surface area contributed by atoms with E-state index in [1.54, 1.807) is 30.5 Å². The van der Waals surface area contributed by atoms with E-state index in [0.29, 0.717) is 27.5 Å². The van der Waals surface area contributed by atoms with Gasteiger partial charge in [-0.05, 0) is 79.5 Å². The molecule has 0 saturated heterocycles. The second kappa shape index (κ2) is 9.43. The third-order valence-corrected chi connectivity index (χ3v) is 9.36. The third-order valence-electron chi connectivity index (χ3n) is 8.73. The molecule has 0 aliphatic heterocycles. The summed E-state index contributed by atoms with van der Waals surface area (Å²) in [6.45, 7) is 4.43. The molecule has 0 amide bonds. The van der Waals surface area contributed by atoms with Crippen molar-refractivity contribution >= 4 is 17.6 Å². The van der Waals surface area contributed by atoms with E-state index in [4.69, 9.17) is 0 Å². The number of phenols is 1. The molecule has 3 fully saturated rings. The molecule has 1 N–H and O–H groups in total. The summed E-state index contributed by atoms with van der Waals surface area (Å²) in [5, 5.41) is 20.2. The fourth-order valence-corrected chi connectivity index (χ4v) is 7.35. The van der Waals surface area contributed by atoms with E-state index in [2.05, 4.69) is 38.9 Å². The standard InChI is InChI=1S/C29H33F2N5OS/c1-28-9-4-10-29(2,16-28)26(31)21(14-28)36(19-6-7-19)24-15-32-27(35-34-24)20-8-5-17(11-22(20)37)18-12-23(30)33-25(13-18)38-3/h5,8,11-13,15,19,21,26,37H,4,6-7,9-10,14,16H2,1-3H3/t21-,26-,28-,29-/m1/s1. The van der Waals surface area contributed by atoms with Crippen LogP contribution in [-0.4, -0.2) is 49.8 Å². The lowest BCUT2D eigenvalue weighted by atomic mass is 9.54. The van der Waals surface area contributed by atoms with Crippen LogP contribution in [0.1, 0.15) is 58.8 Å². The molecule has 6 nitrogen and oxygen atoms in total. The Kier molecular flexibility index (Phi) is 6.32. The SMILES string of the molecule is CSc1cc(-c2ccc(-c3ncc(N(C4CC4)[C@@H]4C[C@@]5(C)CCC[C@](C)(C5)[C@@H]4F)nn3)c(O)c2)cc(F)n1. The number of pyridine rings is 1. The van der Waals surface area contributed by atoms with Crippen LogP contribution in [0.15, 0.2) is 41.6 Å². The number of phenolic OH excluding ortho intramolecular Hbond substituents is 1. The van der Waals surface area contributed by atoms with Crippen LogP contribution in [-0.2, 0) is 0 Å². The lowest BCUT2D eigenvalue weighted by Crippen LogP contribution is -2.58. The average Bonchev–Trinajstić information content (AvgIpc) is 3.72. The van der Waals surface area contributed by atoms with E-state index in [1.807, 2.05) is 6.26 Å². The molecule has 3 aliphatic rings. The number of fused-ring (bicyclic) bond motifs is 2. The zero-order valence-corrected chi connectivity index (χ0v) is 22.8. The molecule has 2 aromatic heterocycles. The number of hydrogen-bond acceptors (Lipinski definition) is 7. The number of alkyl halides is 1. The molecule has 3 saturated carbocycles. The first-order valence-corrected chi connectivity index (χ1v) is 14.6. The van der Waals surface area contributed by atoms with E-state index in [9.17, 15) is 9.50 Å². The molecule has 6 rings (SSSR count). The Balaban J connectivity index is 1.28. The van der Waals surface area contributed by atoms with E-state index >= 15 is 4.39 Å². The van der Waals surface area contributed by atoms with Gasteiger partial charge in [0.2, 0.25) is 5.95 Å². The van der Waals surface area contributed by atoms with Crippen molar-refractivity contribution in [3.63, 3.8) is 0 Å². The van der Waals surface area contributed by atoms with Crippen molar-refractivity contribution in [1.82, 2.24) is 20.2 Å². The first-order valence-electron chi connectivity index (χ1n) is 13.4. The number of halogens is 2. The van der Waals surface area contributed by atoms with Gasteiger partial charge < -0.3 is 10.0 Å². The molecule has 2 heterocycles. The number of aromatic hydroxyl groups is 1. The fraction of sp³-hybridized carbons (Fsp3) is 0.517. The second-order valence-corrected chi connectivity index (χ2v) is 12.7. The van der Waals surface area contributed by atoms with Crippen LogP contribution in [0.25, 0.3) is 22.5 Å². The lowest BCUT2D eigenvalue weighted by Gasteiger charge is -2.56. The molecule has 3 aliphatic carbocycles. The zero-order chi connectivity index (χ0) is 26.7. The summed E-state index contributed by atoms with van der Waals surface area (Å²) in [6.07, 6.45) is 9.56. The van der Waals surface area contributed by atoms with Gasteiger partial charge in [0, 0.05) is 17.5 Å². The van der Waals surface area contributed by atoms with Crippen molar-refractivity contribution in [1.29, 1.82) is 0 Å². The van der Waals surface area contributed by atoms with Gasteiger partial charge in [-0.2, -0.15) is 4.39 Å². The number of nitrogens with zero attached hydrogens (tertiary/aromatic N) is 5. The summed E-state index contributed by atoms with van der Waals surface area (Å²) in [7, 11) is 0. The summed E-state index contributed by atoms with van der Waals surface area (Å²) in [5.74, 6) is 0.294. The molecule has 4 atom stereocenters. The summed E-state index contributed by atoms with van der Waals surface area (Å²) >= 11 is 1.35. The van der Waals surface area contributed by atoms with Crippen molar-refractivity contribution in [2.24, 2.45) is 10.8 Å². The average molecular weight is 538 g/mol. The largest absolute Gasteiger partial charge is 0.507 e. The van der Waals surface area contributed by atoms with Crippen molar-refractivity contribution < 1.29 is 13.9 Å². The quantitative estimate of drug-likeness (QED) is 0.273. The molecule has 38 heavy (non-hydrogen) atoms. The summed E-state index contributed by atoms with van der Waals surface area (Å²) in [6, 6.07) is 8.22. The van der Waals surface area contributed by atoms with Crippen molar-refractivity contribution in [3.05, 3.63) is 42.5 Å². The predicted octanol–water partition coefficient (Wildman–Crippen LogP) is 6.83. The first kappa shape index (κ1) is 25.5. The van der Waals surface area contributed by atoms with Crippen LogP contribution in [0.4, 0.5) is 14.6 Å². The number of hydrogen-bond donors (Lipinski definition) is 1. The maximum absolute atomic E-state index is 16.1. The zero-order valence-electron chi connectivity index (χ0n) is 22.0. The Labute approximate surface area is 226 Å². The normalized spacial score (nSPS) is 28.8. The Morgan fingerprint density at radius 2 is 1.89 bits per heavy atom. The molecule has 0 radical (unpaired) electrons. The van der Waals surface area contributed by atoms with Gasteiger partial charge in [-0.25, -0.2) is 14.4 Å². The topological polar surface area (TPSA) is 75.0 Å². The smallest absolute Gasteiger partial charge is 0.214 e. The fourth-order valence-electron chi connectivity index (χ4n) is 6.93. The maximum atomic E-state index is 16.1. The Morgan fingerprint density at radius 1 is 1.08 bits per heavy atom. The van der Waals surface area contributed by atoms with E-state index < -0.39 is 12.1 Å². The van der Waals surface area contributed by atoms with Gasteiger partial charge in [-0.1, -0.05) is 26.3 Å². The summed E-state index contributed by atoms with van der Waals surface area (Å²) in [5.41, 5.74) is 1.56. The van der Waals surface area contributed by atoms with Crippen molar-refractivity contribution in [3.8, 4) is 28.3 Å². The third kappa shape index (κ3) is 4.63. The van der Waals surface area contributed by atoms with Gasteiger partial charge >= 0.3 is 0 Å². The van der Waals surface area contributed by atoms with Crippen LogP contribution in [0.3, 0.4) is 0 Å². The minimum Gasteiger partial charge on any atom is -0.507 e. The number of benzene rings is 1. The van der Waals surface area contributed by atoms with Crippen LogP contribution < -0.4 is 4.90 Å². The van der Waals surface area contributed by atoms with Crippen LogP contribution in [0.2, 0.25) is 0 Å². The summed E-state index contributed by atoms with van der Waals surface area (Å²) in [4.78, 5) is 10.5. The molecule has 9 heteroatoms. The molecular formula is C29H33F2N5OS. The Morgan fingerprint density at radius 3 is 2.58 bits per heavy atom. The molecular weight excluding hydrogens is 504 g/mol. The summed E-state index contributed by atoms with van der Waals surface area (Å²) < 4.78 is 30.0. The molecule has 1 aromatic carbocycles. The highest BCUT2D eigenvalue weighted by Crippen LogP contribution is 2.58. The van der Waals surface area contributed by atoms with Crippen LogP contribution in [0.5, 0.6) is 5.75 Å². The number of thioether (sulfide) groups is 1. The lowest BCUT2D eigenvalue weighted by molar-refractivity contribution is -0.0554. The minimum absolute atomic E-state index is 0.0243. The maximum Gasteiger partial charge on any atom is 0.214 e. The monoisotopic (exact) mass is 537 g/mol. The predicted molar refractivity (Wildman–Crippen MR) is 145 cm³/mol. The van der Waals surface area contributed by atoms with E-state index in [1.165, 1.54) is 17.8 Å².